The van der Waals surface area contributed by atoms with Gasteiger partial charge in [-0.2, -0.15) is 0 Å². The van der Waals surface area contributed by atoms with Crippen LogP contribution in [-0.4, -0.2) is 51.6 Å². The van der Waals surface area contributed by atoms with Gasteiger partial charge in [0.15, 0.2) is 0 Å². The quantitative estimate of drug-likeness (QED) is 0.182. The molecule has 7 nitrogen and oxygen atoms in total. The van der Waals surface area contributed by atoms with E-state index in [2.05, 4.69) is 12.2 Å². The van der Waals surface area contributed by atoms with E-state index in [4.69, 9.17) is 10.8 Å². The predicted octanol–water partition coefficient (Wildman–Crippen LogP) is 3.57. The lowest BCUT2D eigenvalue weighted by atomic mass is 10.1. The summed E-state index contributed by atoms with van der Waals surface area (Å²) in [5.74, 6) is -2.63. The second kappa shape index (κ2) is 18.5. The molecule has 0 rings (SSSR count). The lowest BCUT2D eigenvalue weighted by Gasteiger charge is -2.13. The molecule has 0 radical (unpaired) electrons. The number of carbonyl (C=O) groups is 3. The molecule has 0 aliphatic rings. The third-order valence-corrected chi connectivity index (χ3v) is 5.75. The van der Waals surface area contributed by atoms with Crippen molar-refractivity contribution in [2.24, 2.45) is 5.73 Å². The van der Waals surface area contributed by atoms with Crippen molar-refractivity contribution in [3.05, 3.63) is 12.2 Å². The van der Waals surface area contributed by atoms with Crippen LogP contribution in [0.1, 0.15) is 77.6 Å². The summed E-state index contributed by atoms with van der Waals surface area (Å²) in [6, 6.07) is -0.948. The number of amides is 1. The van der Waals surface area contributed by atoms with Crippen molar-refractivity contribution in [1.29, 1.82) is 0 Å². The van der Waals surface area contributed by atoms with Gasteiger partial charge in [-0.05, 0) is 12.8 Å². The van der Waals surface area contributed by atoms with Crippen LogP contribution in [0.4, 0.5) is 0 Å². The van der Waals surface area contributed by atoms with Gasteiger partial charge in [-0.25, -0.2) is 0 Å². The molecule has 0 aromatic heterocycles. The SMILES string of the molecule is CCCCCCCCCCCCC=CC(SCC(N)C(=O)NCC(=O)O)C(=O)O. The molecule has 1 amide bonds. The maximum absolute atomic E-state index is 11.6. The molecule has 29 heavy (non-hydrogen) atoms. The summed E-state index contributed by atoms with van der Waals surface area (Å²) >= 11 is 1.06. The molecule has 2 atom stereocenters. The standard InChI is InChI=1S/C21H38N2O5S/c1-2-3-4-5-6-7-8-9-10-11-12-13-14-18(21(27)28)29-16-17(22)20(26)23-15-19(24)25/h13-14,17-18H,2-12,15-16,22H2,1H3,(H,23,26)(H,24,25)(H,27,28). The lowest BCUT2D eigenvalue weighted by molar-refractivity contribution is -0.138. The van der Waals surface area contributed by atoms with E-state index in [0.29, 0.717) is 0 Å². The number of carbonyl (C=O) groups excluding carboxylic acids is 1. The van der Waals surface area contributed by atoms with Gasteiger partial charge in [0.1, 0.15) is 11.8 Å². The zero-order chi connectivity index (χ0) is 21.9. The lowest BCUT2D eigenvalue weighted by Crippen LogP contribution is -2.44. The molecule has 0 spiro atoms. The van der Waals surface area contributed by atoms with Crippen LogP contribution in [0.2, 0.25) is 0 Å². The number of unbranched alkanes of at least 4 members (excludes halogenated alkanes) is 10. The van der Waals surface area contributed by atoms with Gasteiger partial charge in [0.2, 0.25) is 5.91 Å². The first-order valence-electron chi connectivity index (χ1n) is 10.6. The molecular formula is C21H38N2O5S. The van der Waals surface area contributed by atoms with E-state index in [9.17, 15) is 19.5 Å². The second-order valence-electron chi connectivity index (χ2n) is 7.21. The molecule has 0 bridgehead atoms. The van der Waals surface area contributed by atoms with E-state index >= 15 is 0 Å². The highest BCUT2D eigenvalue weighted by molar-refractivity contribution is 8.00. The molecule has 0 saturated heterocycles. The minimum absolute atomic E-state index is 0.102. The fraction of sp³-hybridized carbons (Fsp3) is 0.762. The average molecular weight is 431 g/mol. The number of carboxylic acid groups (broad SMARTS) is 2. The van der Waals surface area contributed by atoms with Crippen LogP contribution in [-0.2, 0) is 14.4 Å². The van der Waals surface area contributed by atoms with Crippen molar-refractivity contribution in [3.8, 4) is 0 Å². The Morgan fingerprint density at radius 1 is 0.966 bits per heavy atom. The summed E-state index contributed by atoms with van der Waals surface area (Å²) in [4.78, 5) is 33.4. The fourth-order valence-electron chi connectivity index (χ4n) is 2.76. The van der Waals surface area contributed by atoms with Crippen LogP contribution in [0.15, 0.2) is 12.2 Å². The first-order chi connectivity index (χ1) is 13.9. The average Bonchev–Trinajstić information content (AvgIpc) is 2.68. The molecule has 0 saturated carbocycles. The second-order valence-corrected chi connectivity index (χ2v) is 8.38. The topological polar surface area (TPSA) is 130 Å². The summed E-state index contributed by atoms with van der Waals surface area (Å²) in [6.07, 6.45) is 17.0. The van der Waals surface area contributed by atoms with E-state index in [1.807, 2.05) is 6.08 Å². The molecule has 0 aromatic carbocycles. The van der Waals surface area contributed by atoms with E-state index in [-0.39, 0.29) is 5.75 Å². The third kappa shape index (κ3) is 17.1. The molecule has 2 unspecified atom stereocenters. The Morgan fingerprint density at radius 3 is 2.03 bits per heavy atom. The van der Waals surface area contributed by atoms with Crippen LogP contribution in [0.5, 0.6) is 0 Å². The molecular weight excluding hydrogens is 392 g/mol. The van der Waals surface area contributed by atoms with Gasteiger partial charge < -0.3 is 21.3 Å². The number of carboxylic acids is 2. The summed E-state index contributed by atoms with van der Waals surface area (Å²) in [5.41, 5.74) is 5.68. The van der Waals surface area contributed by atoms with E-state index in [1.54, 1.807) is 6.08 Å². The van der Waals surface area contributed by atoms with Crippen molar-refractivity contribution >= 4 is 29.6 Å². The van der Waals surface area contributed by atoms with Crippen LogP contribution in [0, 0.1) is 0 Å². The van der Waals surface area contributed by atoms with Crippen molar-refractivity contribution < 1.29 is 24.6 Å². The highest BCUT2D eigenvalue weighted by Gasteiger charge is 2.20. The molecule has 0 fully saturated rings. The van der Waals surface area contributed by atoms with Gasteiger partial charge in [-0.15, -0.1) is 11.8 Å². The maximum atomic E-state index is 11.6. The number of nitrogens with one attached hydrogen (secondary N) is 1. The Kier molecular flexibility index (Phi) is 17.5. The summed E-state index contributed by atoms with van der Waals surface area (Å²) in [5, 5.41) is 19.2. The van der Waals surface area contributed by atoms with E-state index in [0.717, 1.165) is 31.0 Å². The number of nitrogens with two attached hydrogens (primary N) is 1. The Bertz CT molecular complexity index is 499. The van der Waals surface area contributed by atoms with Crippen LogP contribution in [0.3, 0.4) is 0 Å². The first kappa shape index (κ1) is 27.5. The fourth-order valence-corrected chi connectivity index (χ4v) is 3.69. The highest BCUT2D eigenvalue weighted by atomic mass is 32.2. The number of aliphatic carboxylic acids is 2. The monoisotopic (exact) mass is 430 g/mol. The molecule has 0 heterocycles. The number of allylic oxidation sites excluding steroid dienone is 1. The maximum Gasteiger partial charge on any atom is 0.322 e. The number of thioether (sulfide) groups is 1. The van der Waals surface area contributed by atoms with E-state index in [1.165, 1.54) is 51.4 Å². The molecule has 0 aromatic rings. The van der Waals surface area contributed by atoms with Gasteiger partial charge in [-0.1, -0.05) is 76.9 Å². The third-order valence-electron chi connectivity index (χ3n) is 4.48. The Hall–Kier alpha value is -1.54. The minimum atomic E-state index is -1.16. The van der Waals surface area contributed by atoms with Crippen molar-refractivity contribution in [3.63, 3.8) is 0 Å². The van der Waals surface area contributed by atoms with Crippen LogP contribution < -0.4 is 11.1 Å². The van der Waals surface area contributed by atoms with Crippen molar-refractivity contribution in [2.45, 2.75) is 88.8 Å². The minimum Gasteiger partial charge on any atom is -0.480 e. The molecule has 8 heteroatoms. The molecule has 5 N–H and O–H groups in total. The first-order valence-corrected chi connectivity index (χ1v) is 11.7. The van der Waals surface area contributed by atoms with Gasteiger partial charge >= 0.3 is 11.9 Å². The van der Waals surface area contributed by atoms with E-state index < -0.39 is 35.7 Å². The van der Waals surface area contributed by atoms with Gasteiger partial charge in [0.25, 0.3) is 0 Å². The molecule has 168 valence electrons. The van der Waals surface area contributed by atoms with Crippen LogP contribution >= 0.6 is 11.8 Å². The Balaban J connectivity index is 3.89. The van der Waals surface area contributed by atoms with Crippen LogP contribution in [0.25, 0.3) is 0 Å². The van der Waals surface area contributed by atoms with Crippen molar-refractivity contribution in [2.75, 3.05) is 12.3 Å². The zero-order valence-corrected chi connectivity index (χ0v) is 18.4. The van der Waals surface area contributed by atoms with Gasteiger partial charge in [-0.3, -0.25) is 14.4 Å². The molecule has 0 aliphatic heterocycles. The normalized spacial score (nSPS) is 13.3. The summed E-state index contributed by atoms with van der Waals surface area (Å²) in [7, 11) is 0. The number of hydrogen-bond acceptors (Lipinski definition) is 5. The highest BCUT2D eigenvalue weighted by Crippen LogP contribution is 2.15. The molecule has 0 aliphatic carbocycles. The number of rotatable bonds is 19. The Morgan fingerprint density at radius 2 is 1.52 bits per heavy atom. The number of hydrogen-bond donors (Lipinski definition) is 4. The predicted molar refractivity (Wildman–Crippen MR) is 118 cm³/mol. The van der Waals surface area contributed by atoms with Crippen molar-refractivity contribution in [1.82, 2.24) is 5.32 Å². The zero-order valence-electron chi connectivity index (χ0n) is 17.6. The van der Waals surface area contributed by atoms with Gasteiger partial charge in [0.05, 0.1) is 6.04 Å². The summed E-state index contributed by atoms with van der Waals surface area (Å²) < 4.78 is 0. The Labute approximate surface area is 178 Å². The summed E-state index contributed by atoms with van der Waals surface area (Å²) in [6.45, 7) is 1.72. The smallest absolute Gasteiger partial charge is 0.322 e. The largest absolute Gasteiger partial charge is 0.480 e. The van der Waals surface area contributed by atoms with Gasteiger partial charge in [0, 0.05) is 5.75 Å².